The Balaban J connectivity index is 1.65. The predicted octanol–water partition coefficient (Wildman–Crippen LogP) is 3.43. The van der Waals surface area contributed by atoms with Gasteiger partial charge in [-0.1, -0.05) is 30.3 Å². The lowest BCUT2D eigenvalue weighted by atomic mass is 10.2. The van der Waals surface area contributed by atoms with Crippen LogP contribution in [-0.4, -0.2) is 28.8 Å². The molecule has 6 nitrogen and oxygen atoms in total. The number of para-hydroxylation sites is 1. The zero-order valence-electron chi connectivity index (χ0n) is 13.7. The molecule has 26 heavy (non-hydrogen) atoms. The molecule has 0 aromatic heterocycles. The number of carbonyl (C=O) groups is 2. The van der Waals surface area contributed by atoms with Crippen molar-refractivity contribution in [3.8, 4) is 5.75 Å². The number of benzene rings is 2. The molecular formula is C19H16N2O4S. The second kappa shape index (κ2) is 8.35. The summed E-state index contributed by atoms with van der Waals surface area (Å²) in [6.07, 6.45) is 1.72. The highest BCUT2D eigenvalue weighted by Crippen LogP contribution is 2.28. The normalized spacial score (nSPS) is 16.7. The van der Waals surface area contributed by atoms with Gasteiger partial charge in [-0.25, -0.2) is 4.99 Å². The van der Waals surface area contributed by atoms with Gasteiger partial charge in [0.25, 0.3) is 5.91 Å². The van der Waals surface area contributed by atoms with Gasteiger partial charge in [-0.3, -0.25) is 9.59 Å². The van der Waals surface area contributed by atoms with Gasteiger partial charge in [0.05, 0.1) is 23.6 Å². The molecule has 1 aliphatic rings. The minimum atomic E-state index is -0.899. The fourth-order valence-corrected chi connectivity index (χ4v) is 3.01. The van der Waals surface area contributed by atoms with E-state index in [4.69, 9.17) is 9.84 Å². The van der Waals surface area contributed by atoms with Gasteiger partial charge in [-0.15, -0.1) is 0 Å². The Labute approximate surface area is 154 Å². The number of nitrogens with one attached hydrogen (secondary N) is 1. The number of carboxylic acid groups (broad SMARTS) is 1. The summed E-state index contributed by atoms with van der Waals surface area (Å²) in [6.45, 7) is 0.118. The van der Waals surface area contributed by atoms with E-state index in [1.165, 1.54) is 11.8 Å². The number of aliphatic imine (C=N–C) groups is 1. The summed E-state index contributed by atoms with van der Waals surface area (Å²) in [7, 11) is 0. The molecule has 7 heteroatoms. The Hall–Kier alpha value is -3.06. The Morgan fingerprint density at radius 2 is 1.88 bits per heavy atom. The molecular weight excluding hydrogens is 352 g/mol. The Bertz CT molecular complexity index is 861. The molecule has 0 saturated carbocycles. The summed E-state index contributed by atoms with van der Waals surface area (Å²) in [5.74, 6) is -0.502. The third-order valence-corrected chi connectivity index (χ3v) is 4.31. The van der Waals surface area contributed by atoms with Gasteiger partial charge < -0.3 is 15.2 Å². The molecule has 0 aliphatic carbocycles. The average molecular weight is 368 g/mol. The van der Waals surface area contributed by atoms with Crippen molar-refractivity contribution in [3.63, 3.8) is 0 Å². The smallest absolute Gasteiger partial charge is 0.306 e. The molecule has 3 rings (SSSR count). The fraction of sp³-hybridized carbons (Fsp3) is 0.105. The third kappa shape index (κ3) is 4.97. The van der Waals surface area contributed by atoms with Crippen LogP contribution < -0.4 is 10.1 Å². The van der Waals surface area contributed by atoms with E-state index in [1.54, 1.807) is 18.2 Å². The molecule has 1 aliphatic heterocycles. The number of amidine groups is 1. The topological polar surface area (TPSA) is 88.0 Å². The second-order valence-corrected chi connectivity index (χ2v) is 6.41. The molecule has 1 heterocycles. The van der Waals surface area contributed by atoms with Crippen LogP contribution in [0.2, 0.25) is 0 Å². The highest BCUT2D eigenvalue weighted by molar-refractivity contribution is 8.18. The molecule has 1 saturated heterocycles. The highest BCUT2D eigenvalue weighted by Gasteiger charge is 2.23. The van der Waals surface area contributed by atoms with E-state index >= 15 is 0 Å². The minimum absolute atomic E-state index is 0.0495. The lowest BCUT2D eigenvalue weighted by Crippen LogP contribution is -2.19. The van der Waals surface area contributed by atoms with Gasteiger partial charge in [0.2, 0.25) is 0 Å². The van der Waals surface area contributed by atoms with Gasteiger partial charge in [0, 0.05) is 0 Å². The van der Waals surface area contributed by atoms with Crippen LogP contribution in [0, 0.1) is 0 Å². The van der Waals surface area contributed by atoms with Crippen molar-refractivity contribution in [3.05, 3.63) is 65.1 Å². The molecule has 2 N–H and O–H groups in total. The number of rotatable bonds is 6. The molecule has 0 bridgehead atoms. The van der Waals surface area contributed by atoms with Crippen LogP contribution in [0.1, 0.15) is 12.0 Å². The van der Waals surface area contributed by atoms with E-state index in [0.29, 0.717) is 15.8 Å². The highest BCUT2D eigenvalue weighted by atomic mass is 32.2. The predicted molar refractivity (Wildman–Crippen MR) is 101 cm³/mol. The Kier molecular flexibility index (Phi) is 5.70. The van der Waals surface area contributed by atoms with Crippen molar-refractivity contribution >= 4 is 40.6 Å². The largest absolute Gasteiger partial charge is 0.493 e. The maximum absolute atomic E-state index is 12.1. The fourth-order valence-electron chi connectivity index (χ4n) is 2.17. The van der Waals surface area contributed by atoms with Gasteiger partial charge in [0.15, 0.2) is 5.17 Å². The maximum Gasteiger partial charge on any atom is 0.306 e. The molecule has 132 valence electrons. The van der Waals surface area contributed by atoms with Crippen molar-refractivity contribution in [1.29, 1.82) is 0 Å². The van der Waals surface area contributed by atoms with Crippen molar-refractivity contribution in [2.24, 2.45) is 4.99 Å². The summed E-state index contributed by atoms with van der Waals surface area (Å²) in [6, 6.07) is 16.5. The van der Waals surface area contributed by atoms with Crippen molar-refractivity contribution < 1.29 is 19.4 Å². The number of hydrogen-bond acceptors (Lipinski definition) is 5. The number of carboxylic acids is 1. The molecule has 1 amide bonds. The summed E-state index contributed by atoms with van der Waals surface area (Å²) in [5.41, 5.74) is 1.62. The van der Waals surface area contributed by atoms with E-state index in [-0.39, 0.29) is 18.9 Å². The number of ether oxygens (including phenoxy) is 1. The van der Waals surface area contributed by atoms with E-state index < -0.39 is 5.97 Å². The maximum atomic E-state index is 12.1. The number of amides is 1. The zero-order chi connectivity index (χ0) is 18.4. The molecule has 1 fully saturated rings. The van der Waals surface area contributed by atoms with Crippen LogP contribution in [0.15, 0.2) is 64.5 Å². The van der Waals surface area contributed by atoms with E-state index in [1.807, 2.05) is 42.5 Å². The van der Waals surface area contributed by atoms with Crippen LogP contribution >= 0.6 is 11.8 Å². The monoisotopic (exact) mass is 368 g/mol. The standard InChI is InChI=1S/C19H16N2O4S/c22-17(23)10-11-25-15-8-6-13(7-9-15)12-16-18(24)21-19(26-16)20-14-4-2-1-3-5-14/h1-9,12H,10-11H2,(H,22,23)(H,20,21,24)/b16-12+. The zero-order valence-corrected chi connectivity index (χ0v) is 14.5. The number of nitrogens with zero attached hydrogens (tertiary/aromatic N) is 1. The van der Waals surface area contributed by atoms with Crippen LogP contribution in [0.5, 0.6) is 5.75 Å². The van der Waals surface area contributed by atoms with Crippen molar-refractivity contribution in [1.82, 2.24) is 5.32 Å². The number of hydrogen-bond donors (Lipinski definition) is 2. The first-order chi connectivity index (χ1) is 12.6. The summed E-state index contributed by atoms with van der Waals surface area (Å²) >= 11 is 1.28. The summed E-state index contributed by atoms with van der Waals surface area (Å²) < 4.78 is 5.34. The van der Waals surface area contributed by atoms with Crippen molar-refractivity contribution in [2.45, 2.75) is 6.42 Å². The average Bonchev–Trinajstić information content (AvgIpc) is 2.96. The molecule has 0 unspecified atom stereocenters. The SMILES string of the molecule is O=C(O)CCOc1ccc(/C=C2/SC(=Nc3ccccc3)NC2=O)cc1. The van der Waals surface area contributed by atoms with Gasteiger partial charge in [-0.05, 0) is 47.7 Å². The lowest BCUT2D eigenvalue weighted by Gasteiger charge is -2.04. The van der Waals surface area contributed by atoms with E-state index in [0.717, 1.165) is 11.3 Å². The quantitative estimate of drug-likeness (QED) is 0.763. The Morgan fingerprint density at radius 3 is 2.58 bits per heavy atom. The first-order valence-corrected chi connectivity index (χ1v) is 8.71. The first kappa shape index (κ1) is 17.8. The summed E-state index contributed by atoms with van der Waals surface area (Å²) in [4.78, 5) is 27.5. The number of aliphatic carboxylic acids is 1. The molecule has 2 aromatic rings. The molecule has 0 spiro atoms. The lowest BCUT2D eigenvalue weighted by molar-refractivity contribution is -0.137. The molecule has 0 atom stereocenters. The van der Waals surface area contributed by atoms with E-state index in [9.17, 15) is 9.59 Å². The molecule has 0 radical (unpaired) electrons. The first-order valence-electron chi connectivity index (χ1n) is 7.89. The Morgan fingerprint density at radius 1 is 1.15 bits per heavy atom. The van der Waals surface area contributed by atoms with Crippen LogP contribution in [0.25, 0.3) is 6.08 Å². The number of thioether (sulfide) groups is 1. The molecule has 2 aromatic carbocycles. The summed E-state index contributed by atoms with van der Waals surface area (Å²) in [5, 5.41) is 11.9. The van der Waals surface area contributed by atoms with Crippen LogP contribution in [0.3, 0.4) is 0 Å². The second-order valence-electron chi connectivity index (χ2n) is 5.38. The van der Waals surface area contributed by atoms with Crippen LogP contribution in [-0.2, 0) is 9.59 Å². The van der Waals surface area contributed by atoms with Crippen molar-refractivity contribution in [2.75, 3.05) is 6.61 Å². The third-order valence-electron chi connectivity index (χ3n) is 3.40. The van der Waals surface area contributed by atoms with Gasteiger partial charge >= 0.3 is 5.97 Å². The number of carbonyl (C=O) groups excluding carboxylic acids is 1. The van der Waals surface area contributed by atoms with Crippen LogP contribution in [0.4, 0.5) is 5.69 Å². The minimum Gasteiger partial charge on any atom is -0.493 e. The van der Waals surface area contributed by atoms with Gasteiger partial charge in [-0.2, -0.15) is 0 Å². The van der Waals surface area contributed by atoms with E-state index in [2.05, 4.69) is 10.3 Å². The van der Waals surface area contributed by atoms with Gasteiger partial charge in [0.1, 0.15) is 5.75 Å².